The number of hydrogen-bond donors (Lipinski definition) is 0. The summed E-state index contributed by atoms with van der Waals surface area (Å²) in [6.45, 7) is 13.6. The van der Waals surface area contributed by atoms with E-state index in [-0.39, 0.29) is 10.8 Å². The summed E-state index contributed by atoms with van der Waals surface area (Å²) in [4.78, 5) is 4.76. The summed E-state index contributed by atoms with van der Waals surface area (Å²) >= 11 is 3.74. The Bertz CT molecular complexity index is 4890. The van der Waals surface area contributed by atoms with E-state index in [1.165, 1.54) is 83.8 Å². The highest BCUT2D eigenvalue weighted by Crippen LogP contribution is 2.47. The van der Waals surface area contributed by atoms with E-state index < -0.39 is 0 Å². The molecular weight excluding hydrogens is 1010 g/mol. The minimum atomic E-state index is 0.0401. The number of thiophene rings is 2. The van der Waals surface area contributed by atoms with Crippen LogP contribution in [-0.4, -0.2) is 0 Å². The zero-order valence-corrected chi connectivity index (χ0v) is 46.9. The maximum Gasteiger partial charge on any atom is 0.137 e. The molecule has 0 amide bonds. The average Bonchev–Trinajstić information content (AvgIpc) is 4.25. The highest BCUT2D eigenvalue weighted by Gasteiger charge is 2.23. The maximum atomic E-state index is 6.64. The van der Waals surface area contributed by atoms with Crippen LogP contribution in [-0.2, 0) is 10.8 Å². The van der Waals surface area contributed by atoms with Crippen molar-refractivity contribution in [2.75, 3.05) is 9.80 Å². The molecule has 80 heavy (non-hydrogen) atoms. The molecular formula is C74H54N2O2S2. The fraction of sp³-hybridized carbons (Fsp3) is 0.108. The largest absolute Gasteiger partial charge is 0.456 e. The molecule has 384 valence electrons. The predicted molar refractivity (Wildman–Crippen MR) is 346 cm³/mol. The molecule has 0 radical (unpaired) electrons. The van der Waals surface area contributed by atoms with Gasteiger partial charge in [-0.1, -0.05) is 126 Å². The zero-order valence-electron chi connectivity index (χ0n) is 45.3. The molecule has 4 aromatic heterocycles. The Morgan fingerprint density at radius 1 is 0.263 bits per heavy atom. The molecule has 0 aliphatic rings. The van der Waals surface area contributed by atoms with Crippen molar-refractivity contribution in [3.63, 3.8) is 0 Å². The van der Waals surface area contributed by atoms with Gasteiger partial charge in [-0.25, -0.2) is 0 Å². The van der Waals surface area contributed by atoms with E-state index in [9.17, 15) is 0 Å². The normalized spacial score (nSPS) is 12.6. The number of furan rings is 2. The van der Waals surface area contributed by atoms with Crippen LogP contribution in [0.25, 0.3) is 117 Å². The van der Waals surface area contributed by atoms with E-state index in [1.54, 1.807) is 0 Å². The third kappa shape index (κ3) is 7.61. The first-order valence-corrected chi connectivity index (χ1v) is 29.2. The first-order chi connectivity index (χ1) is 38.8. The Kier molecular flexibility index (Phi) is 10.2. The topological polar surface area (TPSA) is 32.8 Å². The molecule has 6 heteroatoms. The van der Waals surface area contributed by atoms with Gasteiger partial charge < -0.3 is 18.6 Å². The summed E-state index contributed by atoms with van der Waals surface area (Å²) in [5, 5.41) is 16.9. The van der Waals surface area contributed by atoms with Gasteiger partial charge in [0.2, 0.25) is 0 Å². The van der Waals surface area contributed by atoms with Crippen molar-refractivity contribution in [2.24, 2.45) is 0 Å². The molecule has 0 bridgehead atoms. The number of nitrogens with zero attached hydrogens (tertiary/aromatic N) is 2. The monoisotopic (exact) mass is 1070 g/mol. The zero-order chi connectivity index (χ0) is 53.8. The van der Waals surface area contributed by atoms with Gasteiger partial charge in [0, 0.05) is 108 Å². The van der Waals surface area contributed by atoms with Gasteiger partial charge in [-0.3, -0.25) is 0 Å². The molecule has 4 nitrogen and oxygen atoms in total. The Balaban J connectivity index is 0.783. The first-order valence-electron chi connectivity index (χ1n) is 27.6. The van der Waals surface area contributed by atoms with Crippen molar-refractivity contribution in [1.29, 1.82) is 0 Å². The van der Waals surface area contributed by atoms with Crippen molar-refractivity contribution in [3.8, 4) is 0 Å². The minimum Gasteiger partial charge on any atom is -0.456 e. The Hall–Kier alpha value is -8.94. The molecule has 0 aliphatic carbocycles. The van der Waals surface area contributed by atoms with Gasteiger partial charge in [0.1, 0.15) is 22.3 Å². The summed E-state index contributed by atoms with van der Waals surface area (Å²) in [6.07, 6.45) is 0. The Labute approximate surface area is 470 Å². The molecule has 0 unspecified atom stereocenters. The number of rotatable bonds is 6. The molecule has 12 aromatic carbocycles. The van der Waals surface area contributed by atoms with Gasteiger partial charge in [-0.15, -0.1) is 22.7 Å². The van der Waals surface area contributed by atoms with E-state index >= 15 is 0 Å². The van der Waals surface area contributed by atoms with Crippen molar-refractivity contribution in [2.45, 2.75) is 52.4 Å². The van der Waals surface area contributed by atoms with Gasteiger partial charge in [-0.05, 0) is 176 Å². The summed E-state index contributed by atoms with van der Waals surface area (Å²) in [7, 11) is 0. The third-order valence-electron chi connectivity index (χ3n) is 16.6. The lowest BCUT2D eigenvalue weighted by Gasteiger charge is -2.27. The molecule has 16 rings (SSSR count). The van der Waals surface area contributed by atoms with Crippen molar-refractivity contribution < 1.29 is 8.83 Å². The Morgan fingerprint density at radius 2 is 0.575 bits per heavy atom. The smallest absolute Gasteiger partial charge is 0.137 e. The first kappa shape index (κ1) is 47.1. The average molecular weight is 1070 g/mol. The van der Waals surface area contributed by atoms with Crippen molar-refractivity contribution >= 4 is 173 Å². The van der Waals surface area contributed by atoms with Gasteiger partial charge in [0.15, 0.2) is 0 Å². The van der Waals surface area contributed by atoms with Crippen LogP contribution in [0.4, 0.5) is 34.1 Å². The molecule has 0 spiro atoms. The lowest BCUT2D eigenvalue weighted by molar-refractivity contribution is 0.590. The van der Waals surface area contributed by atoms with Crippen LogP contribution in [0.5, 0.6) is 0 Å². The van der Waals surface area contributed by atoms with Crippen LogP contribution >= 0.6 is 22.7 Å². The molecule has 0 fully saturated rings. The summed E-state index contributed by atoms with van der Waals surface area (Å²) < 4.78 is 18.4. The number of benzene rings is 12. The molecule has 0 saturated carbocycles. The third-order valence-corrected chi connectivity index (χ3v) is 18.9. The van der Waals surface area contributed by atoms with Crippen LogP contribution in [0.15, 0.2) is 227 Å². The van der Waals surface area contributed by atoms with Gasteiger partial charge in [-0.2, -0.15) is 0 Å². The highest BCUT2D eigenvalue weighted by atomic mass is 32.1. The van der Waals surface area contributed by atoms with Crippen LogP contribution in [0.1, 0.15) is 52.7 Å². The summed E-state index contributed by atoms with van der Waals surface area (Å²) in [5.74, 6) is 0. The maximum absolute atomic E-state index is 6.64. The SMILES string of the molecule is CC(C)(C)c1ccc(N(c2ccc3c(c2)oc2cc4ccccc4cc23)c2ccc3c(c2)sc2cc4cc5sc6cc(N(c7ccc(C(C)(C)C)cc7)c7ccc8c(c7)oc7cc9ccccc9cc78)ccc6c5cc4cc23)cc1. The van der Waals surface area contributed by atoms with Crippen molar-refractivity contribution in [3.05, 3.63) is 230 Å². The second-order valence-corrected chi connectivity index (χ2v) is 26.0. The number of anilines is 6. The number of fused-ring (bicyclic) bond motifs is 15. The fourth-order valence-corrected chi connectivity index (χ4v) is 14.7. The number of hydrogen-bond acceptors (Lipinski definition) is 6. The van der Waals surface area contributed by atoms with Crippen molar-refractivity contribution in [1.82, 2.24) is 0 Å². The second kappa shape index (κ2) is 17.3. The summed E-state index contributed by atoms with van der Waals surface area (Å²) in [6, 6.07) is 81.0. The van der Waals surface area contributed by atoms with Crippen LogP contribution in [0.2, 0.25) is 0 Å². The quantitative estimate of drug-likeness (QED) is 0.166. The van der Waals surface area contributed by atoms with E-state index in [0.29, 0.717) is 0 Å². The van der Waals surface area contributed by atoms with Gasteiger partial charge >= 0.3 is 0 Å². The lowest BCUT2D eigenvalue weighted by Crippen LogP contribution is -2.13. The second-order valence-electron chi connectivity index (χ2n) is 23.8. The molecule has 0 N–H and O–H groups in total. The minimum absolute atomic E-state index is 0.0401. The Morgan fingerprint density at radius 3 is 0.975 bits per heavy atom. The standard InChI is InChI=1S/C74H54N2O2S2/c1-73(2,3)49-15-19-51(20-16-49)75(53-23-27-57-61-31-43-11-7-9-13-45(43)35-65(61)77-67(57)39-53)55-25-29-59-63-33-47-34-64-60-30-26-56(42-72(60)80-70(64)38-48(47)37-69(63)79-71(59)41-55)76(52-21-17-50(18-22-52)74(4,5)6)54-24-28-58-62-32-44-12-8-10-14-46(44)36-66(62)78-68(58)40-54/h7-42H,1-6H3. The van der Waals surface area contributed by atoms with Crippen LogP contribution in [0.3, 0.4) is 0 Å². The van der Waals surface area contributed by atoms with Gasteiger partial charge in [0.25, 0.3) is 0 Å². The van der Waals surface area contributed by atoms with E-state index in [2.05, 4.69) is 270 Å². The molecule has 0 aliphatic heterocycles. The lowest BCUT2D eigenvalue weighted by atomic mass is 9.87. The molecule has 16 aromatic rings. The van der Waals surface area contributed by atoms with Gasteiger partial charge in [0.05, 0.1) is 0 Å². The fourth-order valence-electron chi connectivity index (χ4n) is 12.3. The van der Waals surface area contributed by atoms with E-state index in [4.69, 9.17) is 8.83 Å². The van der Waals surface area contributed by atoms with Crippen LogP contribution in [0, 0.1) is 0 Å². The predicted octanol–water partition coefficient (Wildman–Crippen LogP) is 23.2. The molecule has 0 atom stereocenters. The van der Waals surface area contributed by atoms with Crippen LogP contribution < -0.4 is 9.80 Å². The highest BCUT2D eigenvalue weighted by molar-refractivity contribution is 7.26. The molecule has 0 saturated heterocycles. The van der Waals surface area contributed by atoms with E-state index in [1.807, 2.05) is 22.7 Å². The molecule has 4 heterocycles. The van der Waals surface area contributed by atoms with E-state index in [0.717, 1.165) is 78.0 Å². The summed E-state index contributed by atoms with van der Waals surface area (Å²) in [5.41, 5.74) is 12.8.